The first-order valence-corrected chi connectivity index (χ1v) is 43.5. The van der Waals surface area contributed by atoms with Gasteiger partial charge in [0, 0.05) is 64.1 Å². The first kappa shape index (κ1) is 100. The van der Waals surface area contributed by atoms with Crippen molar-refractivity contribution in [3.8, 4) is 56.8 Å². The summed E-state index contributed by atoms with van der Waals surface area (Å²) < 4.78 is 114. The quantitative estimate of drug-likeness (QED) is 0.0210. The number of alkyl halides is 6. The number of ether oxygens (including phenoxy) is 3. The molecule has 0 unspecified atom stereocenters. The number of pyridine rings is 1. The fraction of sp³-hybridized carbons (Fsp3) is 0.337. The Morgan fingerprint density at radius 2 is 0.780 bits per heavy atom. The van der Waals surface area contributed by atoms with E-state index in [-0.39, 0.29) is 76.4 Å². The van der Waals surface area contributed by atoms with E-state index in [9.17, 15) is 55.5 Å². The molecular formula is C104H112F7N11O10. The minimum Gasteiger partial charge on any atom is -0.490 e. The lowest BCUT2D eigenvalue weighted by molar-refractivity contribution is -0.138. The summed E-state index contributed by atoms with van der Waals surface area (Å²) in [5.41, 5.74) is 18.8. The number of hydrogen-bond acceptors (Lipinski definition) is 18. The van der Waals surface area contributed by atoms with E-state index in [1.807, 2.05) is 114 Å². The van der Waals surface area contributed by atoms with Gasteiger partial charge in [0.05, 0.1) is 91.1 Å². The van der Waals surface area contributed by atoms with Gasteiger partial charge in [-0.1, -0.05) is 153 Å². The number of carbonyl (C=O) groups is 3. The molecule has 0 amide bonds. The maximum atomic E-state index is 14.8. The van der Waals surface area contributed by atoms with Gasteiger partial charge in [0.2, 0.25) is 17.8 Å². The molecule has 21 nitrogen and oxygen atoms in total. The molecule has 28 heteroatoms. The molecule has 12 aromatic rings. The van der Waals surface area contributed by atoms with Gasteiger partial charge in [-0.15, -0.1) is 0 Å². The molecule has 12 rings (SSSR count). The number of aromatic nitrogens is 7. The second kappa shape index (κ2) is 45.2. The second-order valence-electron chi connectivity index (χ2n) is 34.5. The van der Waals surface area contributed by atoms with Crippen LogP contribution in [-0.2, 0) is 71.6 Å². The maximum Gasteiger partial charge on any atom is 0.416 e. The number of anilines is 3. The van der Waals surface area contributed by atoms with E-state index in [0.717, 1.165) is 107 Å². The number of aliphatic carboxylic acids is 3. The van der Waals surface area contributed by atoms with Crippen molar-refractivity contribution in [1.29, 1.82) is 5.26 Å². The standard InChI is InChI=1S/C35H38F3N3O3.C35H37FN4O3.C34H37F3N4O4/c1-22(2)27-10-9-25(5)32(17-27)31-11-8-23(3)14-28(31)21-41(20-26-13-24(4)15-29(16-26)35(36,37)38)34-39-18-30(19-40-34)44-12-6-7-33(42)43;1-22(2)31-16-32(25(5)14-33(31)36)30-9-8-23(3)13-28(30)21-40(20-27-12-24(4)11-26(15-27)17-37)35-38-18-29(19-39-35)43-10-6-7-34(41)42;1-21-8-10-28(31-23(3)9-11-29(40-31)33(4,5)44)25(14-21)20-41(19-24-13-22(2)15-26(16-24)34(35,36)37)32-38-17-27(18-39-32)45-12-6-7-30(42)43/h8-11,13-19,22H,6-7,12,20-21H2,1-5H3,(H,42,43);8-9,11-16,18-19,22H,6-7,10,20-21H2,1-5H3,(H,41,42);8-11,13-18,44H,6-7,12,19-20H2,1-5H3,(H,42,43). The summed E-state index contributed by atoms with van der Waals surface area (Å²) in [5, 5.41) is 46.7. The third-order valence-electron chi connectivity index (χ3n) is 21.7. The van der Waals surface area contributed by atoms with Gasteiger partial charge in [0.1, 0.15) is 11.4 Å². The van der Waals surface area contributed by atoms with E-state index < -0.39 is 47.0 Å². The smallest absolute Gasteiger partial charge is 0.416 e. The Bertz CT molecular complexity index is 6060. The normalized spacial score (nSPS) is 11.5. The molecule has 0 radical (unpaired) electrons. The lowest BCUT2D eigenvalue weighted by Crippen LogP contribution is -2.25. The topological polar surface area (TPSA) is 284 Å². The van der Waals surface area contributed by atoms with Crippen molar-refractivity contribution >= 4 is 35.8 Å². The second-order valence-corrected chi connectivity index (χ2v) is 34.5. The Morgan fingerprint density at radius 3 is 1.15 bits per heavy atom. The van der Waals surface area contributed by atoms with Crippen LogP contribution in [0.25, 0.3) is 33.5 Å². The summed E-state index contributed by atoms with van der Waals surface area (Å²) in [6, 6.07) is 48.2. The predicted octanol–water partition coefficient (Wildman–Crippen LogP) is 23.5. The minimum atomic E-state index is -4.50. The first-order valence-electron chi connectivity index (χ1n) is 43.5. The number of nitriles is 1. The van der Waals surface area contributed by atoms with E-state index in [0.29, 0.717) is 119 Å². The highest BCUT2D eigenvalue weighted by Crippen LogP contribution is 2.40. The fourth-order valence-corrected chi connectivity index (χ4v) is 15.2. The van der Waals surface area contributed by atoms with Crippen LogP contribution < -0.4 is 28.9 Å². The highest BCUT2D eigenvalue weighted by Gasteiger charge is 2.34. The Morgan fingerprint density at radius 1 is 0.409 bits per heavy atom. The van der Waals surface area contributed by atoms with Gasteiger partial charge >= 0.3 is 30.3 Å². The van der Waals surface area contributed by atoms with Crippen molar-refractivity contribution < 1.29 is 79.8 Å². The Balaban J connectivity index is 0.000000205. The van der Waals surface area contributed by atoms with Crippen LogP contribution in [0.15, 0.2) is 189 Å². The molecule has 0 saturated heterocycles. The number of aliphatic hydroxyl groups is 1. The lowest BCUT2D eigenvalue weighted by atomic mass is 9.90. The Kier molecular flexibility index (Phi) is 34.4. The number of aryl methyl sites for hydroxylation is 9. The van der Waals surface area contributed by atoms with Crippen molar-refractivity contribution in [2.45, 2.75) is 211 Å². The molecule has 8 aromatic carbocycles. The molecule has 0 fully saturated rings. The van der Waals surface area contributed by atoms with Gasteiger partial charge in [0.25, 0.3) is 0 Å². The summed E-state index contributed by atoms with van der Waals surface area (Å²) in [6.45, 7) is 31.1. The number of hydrogen-bond donors (Lipinski definition) is 4. The molecule has 0 saturated carbocycles. The van der Waals surface area contributed by atoms with Crippen molar-refractivity contribution in [2.24, 2.45) is 0 Å². The molecule has 0 bridgehead atoms. The number of halogens is 7. The number of carboxylic acid groups (broad SMARTS) is 3. The third-order valence-corrected chi connectivity index (χ3v) is 21.7. The van der Waals surface area contributed by atoms with Crippen LogP contribution in [-0.4, -0.2) is 93.0 Å². The zero-order valence-electron chi connectivity index (χ0n) is 77.0. The van der Waals surface area contributed by atoms with Gasteiger partial charge in [-0.25, -0.2) is 39.3 Å². The van der Waals surface area contributed by atoms with Crippen LogP contribution in [0.4, 0.5) is 48.6 Å². The SMILES string of the molecule is Cc1cc(C#N)cc(CN(Cc2cc(C)ccc2-c2cc(C(C)C)c(F)cc2C)c2ncc(OCCCC(=O)O)cn2)c1.Cc1cc(CN(Cc2cc(C)ccc2-c2cc(C(C)C)ccc2C)c2ncc(OCCCC(=O)O)cn2)cc(C(F)(F)F)c1.Cc1cc(CN(Cc2cc(C)ccc2-c2nc(C(C)(C)O)ccc2C)c2ncc(OCCCC(=O)O)cn2)cc(C(F)(F)F)c1. The van der Waals surface area contributed by atoms with E-state index in [1.54, 1.807) is 69.3 Å². The van der Waals surface area contributed by atoms with Crippen LogP contribution in [0.5, 0.6) is 17.2 Å². The van der Waals surface area contributed by atoms with Crippen molar-refractivity contribution in [2.75, 3.05) is 34.5 Å². The van der Waals surface area contributed by atoms with Crippen LogP contribution >= 0.6 is 0 Å². The van der Waals surface area contributed by atoms with Crippen LogP contribution in [0.3, 0.4) is 0 Å². The summed E-state index contributed by atoms with van der Waals surface area (Å²) in [5.74, 6) is -0.235. The molecule has 0 atom stereocenters. The van der Waals surface area contributed by atoms with Gasteiger partial charge in [-0.05, 0) is 251 Å². The summed E-state index contributed by atoms with van der Waals surface area (Å²) >= 11 is 0. The Hall–Kier alpha value is -13.7. The molecule has 692 valence electrons. The number of benzene rings is 8. The van der Waals surface area contributed by atoms with E-state index in [4.69, 9.17) is 34.5 Å². The van der Waals surface area contributed by atoms with Gasteiger partial charge in [-0.2, -0.15) is 31.6 Å². The molecular weight excluding hydrogens is 1700 g/mol. The van der Waals surface area contributed by atoms with Gasteiger partial charge in [0.15, 0.2) is 17.2 Å². The first-order chi connectivity index (χ1) is 62.4. The van der Waals surface area contributed by atoms with Crippen LogP contribution in [0.1, 0.15) is 209 Å². The minimum absolute atomic E-state index is 0.0124. The number of carboxylic acids is 3. The Labute approximate surface area is 766 Å². The summed E-state index contributed by atoms with van der Waals surface area (Å²) in [7, 11) is 0. The average Bonchev–Trinajstić information content (AvgIpc) is 0.809. The molecule has 4 aromatic heterocycles. The highest BCUT2D eigenvalue weighted by atomic mass is 19.4. The largest absolute Gasteiger partial charge is 0.490 e. The molecule has 0 aliphatic heterocycles. The molecule has 4 N–H and O–H groups in total. The van der Waals surface area contributed by atoms with Gasteiger partial charge < -0.3 is 49.3 Å². The summed E-state index contributed by atoms with van der Waals surface area (Å²) in [6.07, 6.45) is 1.15. The molecule has 132 heavy (non-hydrogen) atoms. The van der Waals surface area contributed by atoms with Crippen LogP contribution in [0.2, 0.25) is 0 Å². The van der Waals surface area contributed by atoms with E-state index >= 15 is 0 Å². The van der Waals surface area contributed by atoms with E-state index in [2.05, 4.69) is 111 Å². The lowest BCUT2D eigenvalue weighted by Gasteiger charge is -2.26. The predicted molar refractivity (Wildman–Crippen MR) is 496 cm³/mol. The van der Waals surface area contributed by atoms with Crippen molar-refractivity contribution in [3.05, 3.63) is 312 Å². The van der Waals surface area contributed by atoms with Gasteiger partial charge in [-0.3, -0.25) is 14.4 Å². The molecule has 0 aliphatic carbocycles. The monoisotopic (exact) mass is 1810 g/mol. The van der Waals surface area contributed by atoms with Crippen molar-refractivity contribution in [3.63, 3.8) is 0 Å². The average molecular weight is 1810 g/mol. The number of nitrogens with zero attached hydrogens (tertiary/aromatic N) is 11. The molecule has 0 aliphatic rings. The third kappa shape index (κ3) is 29.2. The zero-order chi connectivity index (χ0) is 96.1. The molecule has 0 spiro atoms. The highest BCUT2D eigenvalue weighted by molar-refractivity contribution is 5.75. The van der Waals surface area contributed by atoms with Crippen LogP contribution in [0, 0.1) is 79.5 Å². The van der Waals surface area contributed by atoms with E-state index in [1.165, 1.54) is 36.4 Å². The summed E-state index contributed by atoms with van der Waals surface area (Å²) in [4.78, 5) is 70.0. The molecule has 4 heterocycles. The maximum absolute atomic E-state index is 14.8. The van der Waals surface area contributed by atoms with Crippen molar-refractivity contribution in [1.82, 2.24) is 34.9 Å². The zero-order valence-corrected chi connectivity index (χ0v) is 77.0. The number of rotatable bonds is 36. The fourth-order valence-electron chi connectivity index (χ4n) is 15.2.